The molecule has 0 saturated heterocycles. The highest BCUT2D eigenvalue weighted by Crippen LogP contribution is 2.27. The Bertz CT molecular complexity index is 647. The zero-order valence-corrected chi connectivity index (χ0v) is 10.2. The molecule has 0 unspecified atom stereocenters. The highest BCUT2D eigenvalue weighted by Gasteiger charge is 2.12. The van der Waals surface area contributed by atoms with Gasteiger partial charge in [-0.15, -0.1) is 11.3 Å². The van der Waals surface area contributed by atoms with Crippen LogP contribution >= 0.6 is 11.3 Å². The fourth-order valence-electron chi connectivity index (χ4n) is 1.66. The van der Waals surface area contributed by atoms with Crippen molar-refractivity contribution in [1.29, 1.82) is 0 Å². The second kappa shape index (κ2) is 4.62. The van der Waals surface area contributed by atoms with Crippen LogP contribution in [-0.4, -0.2) is 15.2 Å². The number of hydrogen-bond donors (Lipinski definition) is 1. The molecule has 0 spiro atoms. The molecular weight excluding hydrogens is 248 g/mol. The van der Waals surface area contributed by atoms with Crippen molar-refractivity contribution in [1.82, 2.24) is 10.1 Å². The number of benzene rings is 1. The van der Waals surface area contributed by atoms with Crippen molar-refractivity contribution in [3.63, 3.8) is 0 Å². The second-order valence-corrected chi connectivity index (χ2v) is 4.82. The van der Waals surface area contributed by atoms with Crippen LogP contribution in [0.3, 0.4) is 0 Å². The predicted molar refractivity (Wildman–Crippen MR) is 68.5 cm³/mol. The first-order valence-electron chi connectivity index (χ1n) is 5.46. The third-order valence-electron chi connectivity index (χ3n) is 2.51. The quantitative estimate of drug-likeness (QED) is 0.784. The Morgan fingerprint density at radius 1 is 1.17 bits per heavy atom. The summed E-state index contributed by atoms with van der Waals surface area (Å²) in [6, 6.07) is 10.9. The smallest absolute Gasteiger partial charge is 0.261 e. The summed E-state index contributed by atoms with van der Waals surface area (Å²) in [7, 11) is 0. The molecule has 0 saturated carbocycles. The lowest BCUT2D eigenvalue weighted by atomic mass is 10.2. The van der Waals surface area contributed by atoms with E-state index in [-0.39, 0.29) is 5.75 Å². The van der Waals surface area contributed by atoms with Crippen molar-refractivity contribution in [2.45, 2.75) is 6.42 Å². The summed E-state index contributed by atoms with van der Waals surface area (Å²) in [5.41, 5.74) is 0.558. The third-order valence-corrected chi connectivity index (χ3v) is 3.39. The lowest BCUT2D eigenvalue weighted by molar-refractivity contribution is 0.418. The standard InChI is InChI=1S/C13H10N2O2S/c16-11-6-2-1-5-10(11)13-14-12(15-17-13)8-9-4-3-7-18-9/h1-7,16H,8H2. The van der Waals surface area contributed by atoms with E-state index >= 15 is 0 Å². The summed E-state index contributed by atoms with van der Waals surface area (Å²) in [6.45, 7) is 0. The van der Waals surface area contributed by atoms with Crippen LogP contribution in [0.15, 0.2) is 46.3 Å². The lowest BCUT2D eigenvalue weighted by Crippen LogP contribution is -1.87. The summed E-state index contributed by atoms with van der Waals surface area (Å²) in [4.78, 5) is 5.47. The molecule has 1 N–H and O–H groups in total. The molecule has 0 radical (unpaired) electrons. The molecule has 5 heteroatoms. The van der Waals surface area contributed by atoms with Gasteiger partial charge in [0.2, 0.25) is 0 Å². The Hall–Kier alpha value is -2.14. The Balaban J connectivity index is 1.88. The number of nitrogens with zero attached hydrogens (tertiary/aromatic N) is 2. The van der Waals surface area contributed by atoms with Crippen molar-refractivity contribution in [2.75, 3.05) is 0 Å². The van der Waals surface area contributed by atoms with Gasteiger partial charge in [-0.05, 0) is 23.6 Å². The average Bonchev–Trinajstić information content (AvgIpc) is 3.02. The average molecular weight is 258 g/mol. The van der Waals surface area contributed by atoms with Gasteiger partial charge < -0.3 is 9.63 Å². The molecule has 2 heterocycles. The van der Waals surface area contributed by atoms with Crippen LogP contribution in [0.2, 0.25) is 0 Å². The minimum Gasteiger partial charge on any atom is -0.507 e. The first kappa shape index (κ1) is 11.0. The summed E-state index contributed by atoms with van der Waals surface area (Å²) < 4.78 is 5.16. The Labute approximate surface area is 108 Å². The van der Waals surface area contributed by atoms with Gasteiger partial charge in [0.25, 0.3) is 5.89 Å². The number of aromatic hydroxyl groups is 1. The second-order valence-electron chi connectivity index (χ2n) is 3.79. The van der Waals surface area contributed by atoms with Crippen LogP contribution in [0.25, 0.3) is 11.5 Å². The molecule has 0 aliphatic carbocycles. The molecule has 4 nitrogen and oxygen atoms in total. The van der Waals surface area contributed by atoms with E-state index in [4.69, 9.17) is 4.52 Å². The van der Waals surface area contributed by atoms with E-state index in [9.17, 15) is 5.11 Å². The van der Waals surface area contributed by atoms with Crippen LogP contribution in [-0.2, 0) is 6.42 Å². The topological polar surface area (TPSA) is 59.2 Å². The van der Waals surface area contributed by atoms with Crippen LogP contribution < -0.4 is 0 Å². The van der Waals surface area contributed by atoms with E-state index < -0.39 is 0 Å². The summed E-state index contributed by atoms with van der Waals surface area (Å²) in [5, 5.41) is 15.6. The zero-order chi connectivity index (χ0) is 12.4. The van der Waals surface area contributed by atoms with Crippen molar-refractivity contribution in [3.8, 4) is 17.2 Å². The van der Waals surface area contributed by atoms with Crippen LogP contribution in [0.1, 0.15) is 10.7 Å². The number of thiophene rings is 1. The van der Waals surface area contributed by atoms with Crippen LogP contribution in [0.4, 0.5) is 0 Å². The predicted octanol–water partition coefficient (Wildman–Crippen LogP) is 3.09. The monoisotopic (exact) mass is 258 g/mol. The fraction of sp³-hybridized carbons (Fsp3) is 0.0769. The van der Waals surface area contributed by atoms with E-state index in [1.807, 2.05) is 23.6 Å². The maximum Gasteiger partial charge on any atom is 0.261 e. The van der Waals surface area contributed by atoms with Gasteiger partial charge in [0.05, 0.1) is 5.56 Å². The maximum absolute atomic E-state index is 9.70. The van der Waals surface area contributed by atoms with Gasteiger partial charge in [-0.1, -0.05) is 23.4 Å². The van der Waals surface area contributed by atoms with Gasteiger partial charge in [-0.2, -0.15) is 4.98 Å². The van der Waals surface area contributed by atoms with Gasteiger partial charge in [0.15, 0.2) is 5.82 Å². The van der Waals surface area contributed by atoms with Gasteiger partial charge in [-0.25, -0.2) is 0 Å². The molecule has 0 bridgehead atoms. The van der Waals surface area contributed by atoms with Gasteiger partial charge in [0, 0.05) is 11.3 Å². The highest BCUT2D eigenvalue weighted by molar-refractivity contribution is 7.09. The summed E-state index contributed by atoms with van der Waals surface area (Å²) >= 11 is 1.65. The van der Waals surface area contributed by atoms with Gasteiger partial charge in [-0.3, -0.25) is 0 Å². The maximum atomic E-state index is 9.70. The first-order chi connectivity index (χ1) is 8.83. The third kappa shape index (κ3) is 2.12. The lowest BCUT2D eigenvalue weighted by Gasteiger charge is -1.96. The number of phenols is 1. The number of hydrogen-bond acceptors (Lipinski definition) is 5. The largest absolute Gasteiger partial charge is 0.507 e. The van der Waals surface area contributed by atoms with E-state index in [0.717, 1.165) is 0 Å². The number of para-hydroxylation sites is 1. The van der Waals surface area contributed by atoms with Gasteiger partial charge in [0.1, 0.15) is 5.75 Å². The highest BCUT2D eigenvalue weighted by atomic mass is 32.1. The molecule has 0 aliphatic heterocycles. The SMILES string of the molecule is Oc1ccccc1-c1nc(Cc2cccs2)no1. The van der Waals surface area contributed by atoms with Crippen LogP contribution in [0, 0.1) is 0 Å². The molecule has 0 fully saturated rings. The molecule has 0 atom stereocenters. The molecule has 3 aromatic rings. The zero-order valence-electron chi connectivity index (χ0n) is 9.41. The Morgan fingerprint density at radius 3 is 2.83 bits per heavy atom. The van der Waals surface area contributed by atoms with Crippen molar-refractivity contribution >= 4 is 11.3 Å². The number of phenolic OH excluding ortho intramolecular Hbond substituents is 1. The molecule has 1 aromatic carbocycles. The van der Waals surface area contributed by atoms with E-state index in [1.165, 1.54) is 4.88 Å². The summed E-state index contributed by atoms with van der Waals surface area (Å²) in [6.07, 6.45) is 0.648. The van der Waals surface area contributed by atoms with E-state index in [0.29, 0.717) is 23.7 Å². The Kier molecular flexibility index (Phi) is 2.82. The Morgan fingerprint density at radius 2 is 2.06 bits per heavy atom. The van der Waals surface area contributed by atoms with Crippen molar-refractivity contribution in [2.24, 2.45) is 0 Å². The van der Waals surface area contributed by atoms with E-state index in [1.54, 1.807) is 29.5 Å². The molecule has 0 aliphatic rings. The fourth-order valence-corrected chi connectivity index (χ4v) is 2.36. The van der Waals surface area contributed by atoms with E-state index in [2.05, 4.69) is 10.1 Å². The molecule has 90 valence electrons. The van der Waals surface area contributed by atoms with Gasteiger partial charge >= 0.3 is 0 Å². The molecular formula is C13H10N2O2S. The molecule has 2 aromatic heterocycles. The minimum atomic E-state index is 0.142. The van der Waals surface area contributed by atoms with Crippen molar-refractivity contribution in [3.05, 3.63) is 52.5 Å². The first-order valence-corrected chi connectivity index (χ1v) is 6.34. The number of rotatable bonds is 3. The molecule has 3 rings (SSSR count). The molecule has 0 amide bonds. The van der Waals surface area contributed by atoms with Crippen LogP contribution in [0.5, 0.6) is 5.75 Å². The summed E-state index contributed by atoms with van der Waals surface area (Å²) in [5.74, 6) is 1.11. The molecule has 18 heavy (non-hydrogen) atoms. The van der Waals surface area contributed by atoms with Crippen molar-refractivity contribution < 1.29 is 9.63 Å². The normalized spacial score (nSPS) is 10.7. The number of aromatic nitrogens is 2. The minimum absolute atomic E-state index is 0.142.